The zero-order valence-corrected chi connectivity index (χ0v) is 11.2. The lowest BCUT2D eigenvalue weighted by molar-refractivity contribution is 0.102. The van der Waals surface area contributed by atoms with Crippen LogP contribution in [0.25, 0.3) is 0 Å². The molecule has 0 aliphatic heterocycles. The number of rotatable bonds is 2. The monoisotopic (exact) mass is 270 g/mol. The second-order valence-corrected chi connectivity index (χ2v) is 4.24. The summed E-state index contributed by atoms with van der Waals surface area (Å²) in [5.41, 5.74) is 2.67. The number of nitrogens with zero attached hydrogens (tertiary/aromatic N) is 1. The summed E-state index contributed by atoms with van der Waals surface area (Å²) in [5.74, 6) is 5.00. The maximum atomic E-state index is 12.2. The highest BCUT2D eigenvalue weighted by atomic mass is 16.4. The first-order valence-electron chi connectivity index (χ1n) is 6.04. The summed E-state index contributed by atoms with van der Waals surface area (Å²) in [6, 6.07) is 5.43. The van der Waals surface area contributed by atoms with Crippen LogP contribution in [-0.4, -0.2) is 22.6 Å². The Hall–Kier alpha value is -2.58. The standard InChI is InChI=1S/C15H14N2O3/c1-10-5-6-12(4-3-7-18)8-13(10)14(19)17-15-16-11(2)9-20-15/h5-6,8-9,18H,7H2,1-2H3,(H,16,17,19). The van der Waals surface area contributed by atoms with Crippen molar-refractivity contribution in [3.8, 4) is 11.8 Å². The highest BCUT2D eigenvalue weighted by Crippen LogP contribution is 2.14. The van der Waals surface area contributed by atoms with Gasteiger partial charge in [-0.3, -0.25) is 10.1 Å². The number of hydrogen-bond donors (Lipinski definition) is 2. The van der Waals surface area contributed by atoms with Crippen LogP contribution < -0.4 is 5.32 Å². The van der Waals surface area contributed by atoms with Gasteiger partial charge in [-0.1, -0.05) is 17.9 Å². The Bertz CT molecular complexity index is 693. The van der Waals surface area contributed by atoms with Gasteiger partial charge in [0.15, 0.2) is 0 Å². The smallest absolute Gasteiger partial charge is 0.301 e. The fraction of sp³-hybridized carbons (Fsp3) is 0.200. The number of oxazole rings is 1. The van der Waals surface area contributed by atoms with Crippen LogP contribution in [0, 0.1) is 25.7 Å². The maximum Gasteiger partial charge on any atom is 0.301 e. The number of aliphatic hydroxyl groups is 1. The summed E-state index contributed by atoms with van der Waals surface area (Å²) in [6.45, 7) is 3.39. The molecule has 20 heavy (non-hydrogen) atoms. The second-order valence-electron chi connectivity index (χ2n) is 4.24. The van der Waals surface area contributed by atoms with Crippen molar-refractivity contribution in [3.63, 3.8) is 0 Å². The minimum Gasteiger partial charge on any atom is -0.432 e. The Labute approximate surface area is 116 Å². The maximum absolute atomic E-state index is 12.2. The van der Waals surface area contributed by atoms with Crippen LogP contribution in [0.2, 0.25) is 0 Å². The quantitative estimate of drug-likeness (QED) is 0.817. The first kappa shape index (κ1) is 13.8. The fourth-order valence-electron chi connectivity index (χ4n) is 1.66. The molecule has 0 aliphatic carbocycles. The zero-order valence-electron chi connectivity index (χ0n) is 11.2. The molecule has 2 aromatic rings. The van der Waals surface area contributed by atoms with Gasteiger partial charge in [-0.25, -0.2) is 0 Å². The molecule has 5 nitrogen and oxygen atoms in total. The van der Waals surface area contributed by atoms with Crippen LogP contribution in [0.15, 0.2) is 28.9 Å². The Balaban J connectivity index is 2.24. The van der Waals surface area contributed by atoms with Crippen molar-refractivity contribution in [2.75, 3.05) is 11.9 Å². The Morgan fingerprint density at radius 1 is 1.45 bits per heavy atom. The molecule has 0 saturated heterocycles. The van der Waals surface area contributed by atoms with E-state index in [9.17, 15) is 4.79 Å². The molecule has 0 bridgehead atoms. The SMILES string of the molecule is Cc1coc(NC(=O)c2cc(C#CCO)ccc2C)n1. The molecule has 1 aromatic carbocycles. The molecule has 0 spiro atoms. The van der Waals surface area contributed by atoms with Crippen LogP contribution in [-0.2, 0) is 0 Å². The molecule has 102 valence electrons. The number of anilines is 1. The number of carbonyl (C=O) groups is 1. The van der Waals surface area contributed by atoms with E-state index < -0.39 is 0 Å². The molecule has 0 radical (unpaired) electrons. The number of aliphatic hydroxyl groups excluding tert-OH is 1. The predicted molar refractivity (Wildman–Crippen MR) is 74.3 cm³/mol. The van der Waals surface area contributed by atoms with Crippen LogP contribution in [0.5, 0.6) is 0 Å². The summed E-state index contributed by atoms with van der Waals surface area (Å²) >= 11 is 0. The summed E-state index contributed by atoms with van der Waals surface area (Å²) in [7, 11) is 0. The van der Waals surface area contributed by atoms with Gasteiger partial charge in [0.05, 0.1) is 5.69 Å². The number of aryl methyl sites for hydroxylation is 2. The highest BCUT2D eigenvalue weighted by molar-refractivity contribution is 6.04. The Morgan fingerprint density at radius 2 is 2.25 bits per heavy atom. The van der Waals surface area contributed by atoms with Gasteiger partial charge in [0.1, 0.15) is 12.9 Å². The molecule has 2 N–H and O–H groups in total. The van der Waals surface area contributed by atoms with Gasteiger partial charge < -0.3 is 9.52 Å². The van der Waals surface area contributed by atoms with Gasteiger partial charge in [-0.05, 0) is 31.5 Å². The predicted octanol–water partition coefficient (Wildman–Crippen LogP) is 1.89. The molecule has 0 saturated carbocycles. The van der Waals surface area contributed by atoms with Crippen molar-refractivity contribution >= 4 is 11.9 Å². The number of nitrogens with one attached hydrogen (secondary N) is 1. The zero-order chi connectivity index (χ0) is 14.5. The van der Waals surface area contributed by atoms with Crippen molar-refractivity contribution in [2.45, 2.75) is 13.8 Å². The van der Waals surface area contributed by atoms with Crippen molar-refractivity contribution < 1.29 is 14.3 Å². The summed E-state index contributed by atoms with van der Waals surface area (Å²) < 4.78 is 5.09. The molecule has 5 heteroatoms. The molecule has 1 aromatic heterocycles. The molecule has 1 amide bonds. The molecule has 0 atom stereocenters. The fourth-order valence-corrected chi connectivity index (χ4v) is 1.66. The van der Waals surface area contributed by atoms with E-state index >= 15 is 0 Å². The third kappa shape index (κ3) is 3.25. The molecule has 0 aliphatic rings. The molecule has 0 fully saturated rings. The van der Waals surface area contributed by atoms with Gasteiger partial charge in [0.25, 0.3) is 5.91 Å². The normalized spacial score (nSPS) is 9.75. The van der Waals surface area contributed by atoms with E-state index in [1.165, 1.54) is 6.26 Å². The van der Waals surface area contributed by atoms with Gasteiger partial charge in [-0.15, -0.1) is 0 Å². The lowest BCUT2D eigenvalue weighted by Gasteiger charge is -2.05. The molecule has 1 heterocycles. The topological polar surface area (TPSA) is 75.4 Å². The van der Waals surface area contributed by atoms with Crippen LogP contribution >= 0.6 is 0 Å². The van der Waals surface area contributed by atoms with E-state index in [-0.39, 0.29) is 18.5 Å². The molecule has 2 rings (SSSR count). The summed E-state index contributed by atoms with van der Waals surface area (Å²) in [4.78, 5) is 16.2. The Morgan fingerprint density at radius 3 is 2.90 bits per heavy atom. The number of amides is 1. The van der Waals surface area contributed by atoms with Crippen LogP contribution in [0.1, 0.15) is 27.2 Å². The van der Waals surface area contributed by atoms with Crippen LogP contribution in [0.3, 0.4) is 0 Å². The number of carbonyl (C=O) groups excluding carboxylic acids is 1. The van der Waals surface area contributed by atoms with Gasteiger partial charge >= 0.3 is 6.01 Å². The van der Waals surface area contributed by atoms with Gasteiger partial charge in [0.2, 0.25) is 0 Å². The van der Waals surface area contributed by atoms with E-state index in [1.54, 1.807) is 25.1 Å². The molecular weight excluding hydrogens is 256 g/mol. The average Bonchev–Trinajstić information content (AvgIpc) is 2.83. The lowest BCUT2D eigenvalue weighted by atomic mass is 10.0. The third-order valence-corrected chi connectivity index (χ3v) is 2.63. The van der Waals surface area contributed by atoms with E-state index in [4.69, 9.17) is 9.52 Å². The largest absolute Gasteiger partial charge is 0.432 e. The van der Waals surface area contributed by atoms with E-state index in [2.05, 4.69) is 22.1 Å². The minimum atomic E-state index is -0.308. The highest BCUT2D eigenvalue weighted by Gasteiger charge is 2.12. The summed E-state index contributed by atoms with van der Waals surface area (Å²) in [5, 5.41) is 11.3. The summed E-state index contributed by atoms with van der Waals surface area (Å²) in [6.07, 6.45) is 1.46. The number of benzene rings is 1. The lowest BCUT2D eigenvalue weighted by Crippen LogP contribution is -2.13. The number of aromatic nitrogens is 1. The van der Waals surface area contributed by atoms with Gasteiger partial charge in [-0.2, -0.15) is 4.98 Å². The van der Waals surface area contributed by atoms with Crippen LogP contribution in [0.4, 0.5) is 6.01 Å². The Kier molecular flexibility index (Phi) is 4.18. The average molecular weight is 270 g/mol. The first-order chi connectivity index (χ1) is 9.60. The third-order valence-electron chi connectivity index (χ3n) is 2.63. The van der Waals surface area contributed by atoms with E-state index in [0.717, 1.165) is 5.56 Å². The van der Waals surface area contributed by atoms with Gasteiger partial charge in [0, 0.05) is 11.1 Å². The van der Waals surface area contributed by atoms with Crippen molar-refractivity contribution in [3.05, 3.63) is 46.8 Å². The number of hydrogen-bond acceptors (Lipinski definition) is 4. The minimum absolute atomic E-state index is 0.166. The van der Waals surface area contributed by atoms with E-state index in [1.807, 2.05) is 6.92 Å². The molecular formula is C15H14N2O3. The second kappa shape index (κ2) is 6.04. The van der Waals surface area contributed by atoms with Crippen molar-refractivity contribution in [2.24, 2.45) is 0 Å². The van der Waals surface area contributed by atoms with E-state index in [0.29, 0.717) is 16.8 Å². The van der Waals surface area contributed by atoms with Crippen molar-refractivity contribution in [1.82, 2.24) is 4.98 Å². The first-order valence-corrected chi connectivity index (χ1v) is 6.04. The van der Waals surface area contributed by atoms with Crippen molar-refractivity contribution in [1.29, 1.82) is 0 Å². The molecule has 0 unspecified atom stereocenters.